The molecule has 3 aromatic rings. The smallest absolute Gasteiger partial charge is 0.344 e. The minimum absolute atomic E-state index is 0.343. The largest absolute Gasteiger partial charge is 0.421 e. The molecule has 1 aromatic heterocycles. The van der Waals surface area contributed by atoms with E-state index in [-0.39, 0.29) is 0 Å². The van der Waals surface area contributed by atoms with Crippen molar-refractivity contribution >= 4 is 44.9 Å². The van der Waals surface area contributed by atoms with Crippen LogP contribution >= 0.6 is 23.2 Å². The van der Waals surface area contributed by atoms with Gasteiger partial charge in [-0.2, -0.15) is 0 Å². The van der Waals surface area contributed by atoms with Crippen molar-refractivity contribution in [2.75, 3.05) is 0 Å². The van der Waals surface area contributed by atoms with E-state index in [9.17, 15) is 4.79 Å². The number of halogens is 2. The monoisotopic (exact) mass is 264 g/mol. The molecule has 2 nitrogen and oxygen atoms in total. The third kappa shape index (κ3) is 1.61. The highest BCUT2D eigenvalue weighted by atomic mass is 35.5. The van der Waals surface area contributed by atoms with Crippen molar-refractivity contribution in [3.63, 3.8) is 0 Å². The van der Waals surface area contributed by atoms with Gasteiger partial charge < -0.3 is 4.42 Å². The lowest BCUT2D eigenvalue weighted by Crippen LogP contribution is -1.99. The Hall–Kier alpha value is -1.51. The number of hydrogen-bond donors (Lipinski definition) is 0. The highest BCUT2D eigenvalue weighted by Gasteiger charge is 2.10. The maximum absolute atomic E-state index is 11.8. The fraction of sp³-hybridized carbons (Fsp3) is 0. The molecule has 0 atom stereocenters. The molecule has 3 rings (SSSR count). The summed E-state index contributed by atoms with van der Waals surface area (Å²) in [6.07, 6.45) is 0. The Balaban J connectivity index is 2.68. The van der Waals surface area contributed by atoms with Gasteiger partial charge in [-0.3, -0.25) is 0 Å². The van der Waals surface area contributed by atoms with Crippen LogP contribution in [0.1, 0.15) is 0 Å². The van der Waals surface area contributed by atoms with Gasteiger partial charge in [0.1, 0.15) is 0 Å². The second-order valence-electron chi connectivity index (χ2n) is 3.70. The van der Waals surface area contributed by atoms with Gasteiger partial charge in [-0.25, -0.2) is 4.79 Å². The lowest BCUT2D eigenvalue weighted by molar-refractivity contribution is 0.570. The van der Waals surface area contributed by atoms with Gasteiger partial charge in [0.2, 0.25) is 0 Å². The molecule has 0 radical (unpaired) electrons. The molecule has 0 fully saturated rings. The molecule has 84 valence electrons. The minimum Gasteiger partial charge on any atom is -0.421 e. The molecule has 0 saturated carbocycles. The first-order chi connectivity index (χ1) is 8.16. The van der Waals surface area contributed by atoms with Crippen molar-refractivity contribution in [2.45, 2.75) is 0 Å². The van der Waals surface area contributed by atoms with Crippen LogP contribution in [-0.2, 0) is 0 Å². The third-order valence-electron chi connectivity index (χ3n) is 2.64. The zero-order valence-electron chi connectivity index (χ0n) is 8.54. The van der Waals surface area contributed by atoms with Crippen molar-refractivity contribution in [1.82, 2.24) is 0 Å². The number of benzene rings is 2. The molecule has 4 heteroatoms. The van der Waals surface area contributed by atoms with Gasteiger partial charge in [0, 0.05) is 15.8 Å². The van der Waals surface area contributed by atoms with Crippen molar-refractivity contribution in [1.29, 1.82) is 0 Å². The molecule has 17 heavy (non-hydrogen) atoms. The van der Waals surface area contributed by atoms with E-state index in [1.165, 1.54) is 0 Å². The highest BCUT2D eigenvalue weighted by Crippen LogP contribution is 2.31. The molecule has 0 amide bonds. The Morgan fingerprint density at radius 2 is 1.65 bits per heavy atom. The Kier molecular flexibility index (Phi) is 2.35. The second-order valence-corrected chi connectivity index (χ2v) is 4.54. The molecule has 0 saturated heterocycles. The standard InChI is InChI=1S/C13H6Cl2O2/c14-7-5-10-8-3-1-2-4-9(8)13(16)17-12(10)11(15)6-7/h1-6H. The first kappa shape index (κ1) is 10.6. The zero-order chi connectivity index (χ0) is 12.0. The minimum atomic E-state index is -0.391. The molecule has 0 N–H and O–H groups in total. The summed E-state index contributed by atoms with van der Waals surface area (Å²) < 4.78 is 5.21. The summed E-state index contributed by atoms with van der Waals surface area (Å²) in [5, 5.41) is 2.93. The van der Waals surface area contributed by atoms with Crippen LogP contribution in [0.5, 0.6) is 0 Å². The van der Waals surface area contributed by atoms with Gasteiger partial charge in [0.15, 0.2) is 5.58 Å². The van der Waals surface area contributed by atoms with E-state index in [2.05, 4.69) is 0 Å². The van der Waals surface area contributed by atoms with E-state index in [1.54, 1.807) is 24.3 Å². The predicted molar refractivity (Wildman–Crippen MR) is 70.0 cm³/mol. The predicted octanol–water partition coefficient (Wildman–Crippen LogP) is 4.25. The SMILES string of the molecule is O=c1oc2c(Cl)cc(Cl)cc2c2ccccc12. The number of fused-ring (bicyclic) bond motifs is 3. The maximum atomic E-state index is 11.8. The zero-order valence-corrected chi connectivity index (χ0v) is 10.0. The van der Waals surface area contributed by atoms with E-state index >= 15 is 0 Å². The van der Waals surface area contributed by atoms with Crippen LogP contribution < -0.4 is 5.63 Å². The van der Waals surface area contributed by atoms with E-state index in [0.29, 0.717) is 21.0 Å². The molecular weight excluding hydrogens is 259 g/mol. The lowest BCUT2D eigenvalue weighted by atomic mass is 10.1. The van der Waals surface area contributed by atoms with Gasteiger partial charge in [0.25, 0.3) is 0 Å². The summed E-state index contributed by atoms with van der Waals surface area (Å²) in [6, 6.07) is 10.5. The Morgan fingerprint density at radius 1 is 0.941 bits per heavy atom. The molecule has 0 aliphatic carbocycles. The van der Waals surface area contributed by atoms with E-state index < -0.39 is 5.63 Å². The Labute approximate surface area is 106 Å². The van der Waals surface area contributed by atoms with Gasteiger partial charge in [-0.05, 0) is 18.2 Å². The number of rotatable bonds is 0. The molecule has 0 aliphatic rings. The summed E-state index contributed by atoms with van der Waals surface area (Å²) in [4.78, 5) is 11.8. The van der Waals surface area contributed by atoms with Crippen LogP contribution in [0.2, 0.25) is 10.0 Å². The van der Waals surface area contributed by atoms with Crippen LogP contribution in [0.15, 0.2) is 45.6 Å². The second kappa shape index (κ2) is 3.76. The van der Waals surface area contributed by atoms with E-state index in [1.807, 2.05) is 12.1 Å². The third-order valence-corrected chi connectivity index (χ3v) is 3.14. The van der Waals surface area contributed by atoms with Crippen LogP contribution in [0.25, 0.3) is 21.7 Å². The van der Waals surface area contributed by atoms with Crippen LogP contribution in [-0.4, -0.2) is 0 Å². The van der Waals surface area contributed by atoms with E-state index in [0.717, 1.165) is 10.8 Å². The van der Waals surface area contributed by atoms with Gasteiger partial charge in [0.05, 0.1) is 10.4 Å². The molecule has 0 spiro atoms. The molecule has 0 unspecified atom stereocenters. The summed E-state index contributed by atoms with van der Waals surface area (Å²) in [7, 11) is 0. The molecule has 2 aromatic carbocycles. The molecule has 0 aliphatic heterocycles. The summed E-state index contributed by atoms with van der Waals surface area (Å²) in [6.45, 7) is 0. The molecular formula is C13H6Cl2O2. The first-order valence-electron chi connectivity index (χ1n) is 4.97. The maximum Gasteiger partial charge on any atom is 0.344 e. The van der Waals surface area contributed by atoms with E-state index in [4.69, 9.17) is 27.6 Å². The summed E-state index contributed by atoms with van der Waals surface area (Å²) >= 11 is 12.0. The molecule has 0 bridgehead atoms. The fourth-order valence-electron chi connectivity index (χ4n) is 1.91. The average Bonchev–Trinajstić information content (AvgIpc) is 2.31. The van der Waals surface area contributed by atoms with Crippen molar-refractivity contribution in [3.05, 3.63) is 56.9 Å². The Morgan fingerprint density at radius 3 is 2.41 bits per heavy atom. The summed E-state index contributed by atoms with van der Waals surface area (Å²) in [5.74, 6) is 0. The van der Waals surface area contributed by atoms with Crippen molar-refractivity contribution < 1.29 is 4.42 Å². The first-order valence-corrected chi connectivity index (χ1v) is 5.73. The fourth-order valence-corrected chi connectivity index (χ4v) is 2.44. The Bertz CT molecular complexity index is 790. The van der Waals surface area contributed by atoms with Crippen molar-refractivity contribution in [3.8, 4) is 0 Å². The highest BCUT2D eigenvalue weighted by molar-refractivity contribution is 6.38. The van der Waals surface area contributed by atoms with Gasteiger partial charge >= 0.3 is 5.63 Å². The van der Waals surface area contributed by atoms with Crippen molar-refractivity contribution in [2.24, 2.45) is 0 Å². The van der Waals surface area contributed by atoms with Crippen LogP contribution in [0.4, 0.5) is 0 Å². The van der Waals surface area contributed by atoms with Gasteiger partial charge in [-0.1, -0.05) is 41.4 Å². The normalized spacial score (nSPS) is 11.2. The van der Waals surface area contributed by atoms with Crippen LogP contribution in [0, 0.1) is 0 Å². The van der Waals surface area contributed by atoms with Gasteiger partial charge in [-0.15, -0.1) is 0 Å². The quantitative estimate of drug-likeness (QED) is 0.449. The lowest BCUT2D eigenvalue weighted by Gasteiger charge is -2.04. The van der Waals surface area contributed by atoms with Crippen LogP contribution in [0.3, 0.4) is 0 Å². The topological polar surface area (TPSA) is 30.2 Å². The molecule has 1 heterocycles. The summed E-state index contributed by atoms with van der Waals surface area (Å²) in [5.41, 5.74) is -0.0166. The number of hydrogen-bond acceptors (Lipinski definition) is 2. The average molecular weight is 265 g/mol.